The van der Waals surface area contributed by atoms with Gasteiger partial charge in [-0.2, -0.15) is 0 Å². The van der Waals surface area contributed by atoms with E-state index in [0.29, 0.717) is 18.3 Å². The number of nitrogens with one attached hydrogen (secondary N) is 1. The third-order valence-corrected chi connectivity index (χ3v) is 8.02. The number of sulfonamides is 1. The van der Waals surface area contributed by atoms with Crippen LogP contribution < -0.4 is 15.4 Å². The highest BCUT2D eigenvalue weighted by Gasteiger charge is 2.39. The molecule has 0 unspecified atom stereocenters. The molecular formula is C26H31N5O3S. The number of benzene rings is 1. The molecule has 0 bridgehead atoms. The Bertz CT molecular complexity index is 1400. The van der Waals surface area contributed by atoms with Crippen LogP contribution in [0.25, 0.3) is 11.3 Å². The second-order valence-corrected chi connectivity index (χ2v) is 11.5. The van der Waals surface area contributed by atoms with Gasteiger partial charge in [0, 0.05) is 23.8 Å². The number of hydrogen-bond donors (Lipinski definition) is 2. The highest BCUT2D eigenvalue weighted by Crippen LogP contribution is 2.38. The normalized spacial score (nSPS) is 17.4. The lowest BCUT2D eigenvalue weighted by Gasteiger charge is -2.34. The van der Waals surface area contributed by atoms with Crippen LogP contribution in [0.3, 0.4) is 0 Å². The summed E-state index contributed by atoms with van der Waals surface area (Å²) in [6.45, 7) is 11.2. The van der Waals surface area contributed by atoms with E-state index in [2.05, 4.69) is 35.4 Å². The predicted octanol–water partition coefficient (Wildman–Crippen LogP) is 4.09. The molecule has 4 rings (SSSR count). The van der Waals surface area contributed by atoms with Gasteiger partial charge in [0.15, 0.2) is 0 Å². The smallest absolute Gasteiger partial charge is 0.268 e. The first-order chi connectivity index (χ1) is 16.4. The quantitative estimate of drug-likeness (QED) is 0.550. The number of nitrogen functional groups attached to an aromatic ring is 1. The van der Waals surface area contributed by atoms with Crippen LogP contribution in [-0.2, 0) is 10.0 Å². The molecule has 0 saturated carbocycles. The number of pyridine rings is 2. The van der Waals surface area contributed by atoms with Gasteiger partial charge in [0.05, 0.1) is 11.3 Å². The summed E-state index contributed by atoms with van der Waals surface area (Å²) in [4.78, 5) is 24.0. The molecule has 3 heterocycles. The van der Waals surface area contributed by atoms with Crippen LogP contribution >= 0.6 is 0 Å². The summed E-state index contributed by atoms with van der Waals surface area (Å²) in [6, 6.07) is 12.2. The van der Waals surface area contributed by atoms with E-state index >= 15 is 0 Å². The number of aryl methyl sites for hydroxylation is 1. The predicted molar refractivity (Wildman–Crippen MR) is 138 cm³/mol. The van der Waals surface area contributed by atoms with E-state index < -0.39 is 15.9 Å². The summed E-state index contributed by atoms with van der Waals surface area (Å²) >= 11 is 0. The standard InChI is InChI=1S/C26H31N5O3S/c1-16-14-26(4,5)31(15-16)24-20(11-12-21(29-24)19-9-6-8-17(2)18(19)3)25(32)30-35(33,34)22-10-7-13-28-23(22)27/h6-13,16H,14-15H2,1-5H3,(H2,27,28)(H,30,32)/t16-/m0/s1. The lowest BCUT2D eigenvalue weighted by Crippen LogP contribution is -2.41. The minimum atomic E-state index is -4.23. The van der Waals surface area contributed by atoms with E-state index in [1.807, 2.05) is 32.0 Å². The van der Waals surface area contributed by atoms with Gasteiger partial charge in [-0.05, 0) is 75.4 Å². The average molecular weight is 494 g/mol. The summed E-state index contributed by atoms with van der Waals surface area (Å²) in [6.07, 6.45) is 2.31. The number of aromatic nitrogens is 2. The summed E-state index contributed by atoms with van der Waals surface area (Å²) in [5.74, 6) is -0.0832. The molecule has 8 nitrogen and oxygen atoms in total. The molecule has 1 saturated heterocycles. The highest BCUT2D eigenvalue weighted by molar-refractivity contribution is 7.90. The summed E-state index contributed by atoms with van der Waals surface area (Å²) < 4.78 is 28.0. The van der Waals surface area contributed by atoms with E-state index in [1.165, 1.54) is 18.3 Å². The van der Waals surface area contributed by atoms with Gasteiger partial charge in [0.25, 0.3) is 15.9 Å². The van der Waals surface area contributed by atoms with Crippen molar-refractivity contribution < 1.29 is 13.2 Å². The molecule has 184 valence electrons. The van der Waals surface area contributed by atoms with Gasteiger partial charge in [-0.3, -0.25) is 4.79 Å². The van der Waals surface area contributed by atoms with Crippen molar-refractivity contribution in [2.75, 3.05) is 17.2 Å². The Hall–Kier alpha value is -3.46. The molecule has 3 aromatic rings. The fraction of sp³-hybridized carbons (Fsp3) is 0.346. The monoisotopic (exact) mass is 493 g/mol. The van der Waals surface area contributed by atoms with E-state index in [1.54, 1.807) is 12.1 Å². The van der Waals surface area contributed by atoms with Crippen molar-refractivity contribution >= 4 is 27.6 Å². The van der Waals surface area contributed by atoms with Gasteiger partial charge < -0.3 is 10.6 Å². The van der Waals surface area contributed by atoms with Crippen molar-refractivity contribution in [3.63, 3.8) is 0 Å². The Morgan fingerprint density at radius 3 is 2.54 bits per heavy atom. The fourth-order valence-electron chi connectivity index (χ4n) is 4.83. The van der Waals surface area contributed by atoms with Gasteiger partial charge in [0.2, 0.25) is 0 Å². The maximum atomic E-state index is 13.4. The Morgan fingerprint density at radius 1 is 1.14 bits per heavy atom. The Balaban J connectivity index is 1.81. The Kier molecular flexibility index (Phi) is 6.31. The Labute approximate surface area is 206 Å². The van der Waals surface area contributed by atoms with Crippen molar-refractivity contribution in [1.29, 1.82) is 0 Å². The average Bonchev–Trinajstić information content (AvgIpc) is 3.06. The van der Waals surface area contributed by atoms with Crippen LogP contribution in [0.1, 0.15) is 48.7 Å². The minimum absolute atomic E-state index is 0.175. The molecule has 1 amide bonds. The molecule has 3 N–H and O–H groups in total. The molecule has 9 heteroatoms. The van der Waals surface area contributed by atoms with Crippen LogP contribution in [0.5, 0.6) is 0 Å². The van der Waals surface area contributed by atoms with Crippen LogP contribution in [0.15, 0.2) is 53.6 Å². The van der Waals surface area contributed by atoms with E-state index in [-0.39, 0.29) is 21.8 Å². The molecule has 1 atom stereocenters. The number of hydrogen-bond acceptors (Lipinski definition) is 7. The minimum Gasteiger partial charge on any atom is -0.383 e. The number of nitrogens with two attached hydrogens (primary N) is 1. The van der Waals surface area contributed by atoms with E-state index in [9.17, 15) is 13.2 Å². The van der Waals surface area contributed by atoms with Gasteiger partial charge in [0.1, 0.15) is 16.5 Å². The summed E-state index contributed by atoms with van der Waals surface area (Å²) in [7, 11) is -4.23. The molecular weight excluding hydrogens is 462 g/mol. The number of anilines is 2. The van der Waals surface area contributed by atoms with Crippen molar-refractivity contribution in [1.82, 2.24) is 14.7 Å². The molecule has 0 radical (unpaired) electrons. The molecule has 35 heavy (non-hydrogen) atoms. The second kappa shape index (κ2) is 8.96. The maximum absolute atomic E-state index is 13.4. The Morgan fingerprint density at radius 2 is 1.89 bits per heavy atom. The number of amides is 1. The van der Waals surface area contributed by atoms with Crippen LogP contribution in [0.2, 0.25) is 0 Å². The molecule has 1 aromatic carbocycles. The van der Waals surface area contributed by atoms with E-state index in [0.717, 1.165) is 28.8 Å². The van der Waals surface area contributed by atoms with Crippen molar-refractivity contribution in [2.24, 2.45) is 5.92 Å². The first-order valence-corrected chi connectivity index (χ1v) is 13.0. The largest absolute Gasteiger partial charge is 0.383 e. The van der Waals surface area contributed by atoms with Gasteiger partial charge in [-0.15, -0.1) is 0 Å². The van der Waals surface area contributed by atoms with Crippen molar-refractivity contribution in [3.8, 4) is 11.3 Å². The topological polar surface area (TPSA) is 118 Å². The SMILES string of the molecule is Cc1cccc(-c2ccc(C(=O)NS(=O)(=O)c3cccnc3N)c(N3C[C@@H](C)CC3(C)C)n2)c1C. The first kappa shape index (κ1) is 24.7. The molecule has 2 aromatic heterocycles. The maximum Gasteiger partial charge on any atom is 0.268 e. The molecule has 0 aliphatic carbocycles. The lowest BCUT2D eigenvalue weighted by molar-refractivity contribution is 0.0981. The summed E-state index contributed by atoms with van der Waals surface area (Å²) in [5.41, 5.74) is 9.63. The van der Waals surface area contributed by atoms with Crippen molar-refractivity contribution in [2.45, 2.75) is 51.5 Å². The number of rotatable bonds is 5. The zero-order valence-corrected chi connectivity index (χ0v) is 21.5. The van der Waals surface area contributed by atoms with Gasteiger partial charge in [-0.25, -0.2) is 23.1 Å². The third kappa shape index (κ3) is 4.73. The first-order valence-electron chi connectivity index (χ1n) is 11.5. The molecule has 1 aliphatic heterocycles. The summed E-state index contributed by atoms with van der Waals surface area (Å²) in [5, 5.41) is 0. The fourth-order valence-corrected chi connectivity index (χ4v) is 5.88. The molecule has 1 aliphatic rings. The van der Waals surface area contributed by atoms with E-state index in [4.69, 9.17) is 10.7 Å². The van der Waals surface area contributed by atoms with Gasteiger partial charge >= 0.3 is 0 Å². The second-order valence-electron chi connectivity index (χ2n) is 9.87. The van der Waals surface area contributed by atoms with Crippen LogP contribution in [-0.4, -0.2) is 36.4 Å². The molecule has 0 spiro atoms. The zero-order valence-electron chi connectivity index (χ0n) is 20.7. The van der Waals surface area contributed by atoms with Crippen LogP contribution in [0.4, 0.5) is 11.6 Å². The lowest BCUT2D eigenvalue weighted by atomic mass is 9.97. The highest BCUT2D eigenvalue weighted by atomic mass is 32.2. The third-order valence-electron chi connectivity index (χ3n) is 6.65. The number of nitrogens with zero attached hydrogens (tertiary/aromatic N) is 3. The number of carbonyl (C=O) groups is 1. The van der Waals surface area contributed by atoms with Crippen molar-refractivity contribution in [3.05, 3.63) is 65.4 Å². The van der Waals surface area contributed by atoms with Crippen LogP contribution in [0, 0.1) is 19.8 Å². The number of carbonyl (C=O) groups excluding carboxylic acids is 1. The van der Waals surface area contributed by atoms with Gasteiger partial charge in [-0.1, -0.05) is 25.1 Å². The molecule has 1 fully saturated rings. The zero-order chi connectivity index (χ0) is 25.5.